The number of hydrogen-bond donors (Lipinski definition) is 0. The molecule has 1 amide bonds. The molecule has 4 nitrogen and oxygen atoms in total. The van der Waals surface area contributed by atoms with Crippen LogP contribution in [0.4, 0.5) is 5.82 Å². The van der Waals surface area contributed by atoms with Crippen LogP contribution in [0.3, 0.4) is 0 Å². The maximum Gasteiger partial charge on any atom is 0.225 e. The molecular formula is C18H16N2O2. The topological polar surface area (TPSA) is 50.3 Å². The third kappa shape index (κ3) is 2.55. The molecule has 0 bridgehead atoms. The van der Waals surface area contributed by atoms with E-state index < -0.39 is 0 Å². The van der Waals surface area contributed by atoms with Gasteiger partial charge in [0.25, 0.3) is 0 Å². The largest absolute Gasteiger partial charge is 0.292 e. The van der Waals surface area contributed by atoms with Crippen LogP contribution in [0, 0.1) is 6.92 Å². The lowest BCUT2D eigenvalue weighted by molar-refractivity contribution is -0.116. The van der Waals surface area contributed by atoms with Gasteiger partial charge in [-0.15, -0.1) is 0 Å². The second-order valence-electron chi connectivity index (χ2n) is 5.34. The molecule has 4 heteroatoms. The minimum absolute atomic E-state index is 0.0659. The third-order valence-corrected chi connectivity index (χ3v) is 3.66. The second-order valence-corrected chi connectivity index (χ2v) is 5.34. The van der Waals surface area contributed by atoms with Gasteiger partial charge in [0.15, 0.2) is 5.78 Å². The van der Waals surface area contributed by atoms with Crippen molar-refractivity contribution in [2.45, 2.75) is 13.8 Å². The molecule has 0 N–H and O–H groups in total. The van der Waals surface area contributed by atoms with E-state index in [1.54, 1.807) is 17.0 Å². The summed E-state index contributed by atoms with van der Waals surface area (Å²) >= 11 is 0. The van der Waals surface area contributed by atoms with E-state index in [1.807, 2.05) is 43.3 Å². The number of rotatable bonds is 1. The number of Topliss-reactive ketones (excluding diaryl/α,β-unsaturated/α-hetero) is 1. The average molecular weight is 292 g/mol. The van der Waals surface area contributed by atoms with Crippen LogP contribution < -0.4 is 4.90 Å². The standard InChI is InChI=1S/C18H16N2O2/c1-12-8-9-16-17(22)15(10-14-6-4-3-5-7-14)11-20(13(2)21)18(16)19-12/h3-10H,11H2,1-2H3/b15-10-. The molecule has 2 heterocycles. The van der Waals surface area contributed by atoms with Gasteiger partial charge in [-0.25, -0.2) is 4.98 Å². The highest BCUT2D eigenvalue weighted by atomic mass is 16.2. The van der Waals surface area contributed by atoms with Crippen LogP contribution in [0.15, 0.2) is 48.0 Å². The number of hydrogen-bond acceptors (Lipinski definition) is 3. The number of amides is 1. The number of carbonyl (C=O) groups excluding carboxylic acids is 2. The minimum atomic E-state index is -0.120. The highest BCUT2D eigenvalue weighted by molar-refractivity contribution is 6.18. The Hall–Kier alpha value is -2.75. The Morgan fingerprint density at radius 3 is 2.59 bits per heavy atom. The zero-order valence-corrected chi connectivity index (χ0v) is 12.5. The van der Waals surface area contributed by atoms with E-state index in [-0.39, 0.29) is 18.2 Å². The molecule has 3 rings (SSSR count). The van der Waals surface area contributed by atoms with Crippen LogP contribution in [0.1, 0.15) is 28.5 Å². The van der Waals surface area contributed by atoms with Crippen molar-refractivity contribution in [3.05, 3.63) is 64.9 Å². The fourth-order valence-electron chi connectivity index (χ4n) is 2.54. The fraction of sp³-hybridized carbons (Fsp3) is 0.167. The summed E-state index contributed by atoms with van der Waals surface area (Å²) in [7, 11) is 0. The first-order valence-corrected chi connectivity index (χ1v) is 7.12. The van der Waals surface area contributed by atoms with E-state index in [1.165, 1.54) is 6.92 Å². The average Bonchev–Trinajstić information content (AvgIpc) is 2.50. The Labute approximate surface area is 129 Å². The van der Waals surface area contributed by atoms with Crippen molar-refractivity contribution in [3.8, 4) is 0 Å². The summed E-state index contributed by atoms with van der Waals surface area (Å²) in [4.78, 5) is 30.5. The Bertz CT molecular complexity index is 779. The summed E-state index contributed by atoms with van der Waals surface area (Å²) in [5.41, 5.74) is 2.81. The molecule has 0 unspecified atom stereocenters. The number of fused-ring (bicyclic) bond motifs is 1. The summed E-state index contributed by atoms with van der Waals surface area (Å²) < 4.78 is 0. The first-order chi connectivity index (χ1) is 10.6. The molecule has 22 heavy (non-hydrogen) atoms. The molecular weight excluding hydrogens is 276 g/mol. The van der Waals surface area contributed by atoms with Gasteiger partial charge in [0.1, 0.15) is 5.82 Å². The molecule has 0 aliphatic carbocycles. The van der Waals surface area contributed by atoms with Gasteiger partial charge in [0.05, 0.1) is 12.1 Å². The number of benzene rings is 1. The Kier molecular flexibility index (Phi) is 3.59. The predicted molar refractivity (Wildman–Crippen MR) is 85.8 cm³/mol. The Morgan fingerprint density at radius 2 is 1.91 bits per heavy atom. The number of carbonyl (C=O) groups is 2. The van der Waals surface area contributed by atoms with Crippen LogP contribution in [-0.2, 0) is 4.79 Å². The van der Waals surface area contributed by atoms with Gasteiger partial charge in [-0.05, 0) is 30.7 Å². The number of pyridine rings is 1. The van der Waals surface area contributed by atoms with Gasteiger partial charge in [-0.2, -0.15) is 0 Å². The molecule has 110 valence electrons. The van der Waals surface area contributed by atoms with Gasteiger partial charge in [-0.3, -0.25) is 14.5 Å². The van der Waals surface area contributed by atoms with Gasteiger partial charge < -0.3 is 0 Å². The highest BCUT2D eigenvalue weighted by Crippen LogP contribution is 2.29. The van der Waals surface area contributed by atoms with Gasteiger partial charge in [-0.1, -0.05) is 30.3 Å². The SMILES string of the molecule is CC(=O)N1C/C(=C/c2ccccc2)C(=O)c2ccc(C)nc21. The van der Waals surface area contributed by atoms with E-state index in [0.717, 1.165) is 11.3 Å². The van der Waals surface area contributed by atoms with Crippen molar-refractivity contribution >= 4 is 23.6 Å². The van der Waals surface area contributed by atoms with Crippen molar-refractivity contribution in [1.82, 2.24) is 4.98 Å². The molecule has 0 saturated carbocycles. The lowest BCUT2D eigenvalue weighted by Gasteiger charge is -2.28. The predicted octanol–water partition coefficient (Wildman–Crippen LogP) is 3.02. The Balaban J connectivity index is 2.10. The lowest BCUT2D eigenvalue weighted by atomic mass is 9.96. The summed E-state index contributed by atoms with van der Waals surface area (Å²) in [5.74, 6) is 0.275. The van der Waals surface area contributed by atoms with Gasteiger partial charge in [0, 0.05) is 18.2 Å². The van der Waals surface area contributed by atoms with Crippen LogP contribution in [0.25, 0.3) is 6.08 Å². The molecule has 1 aliphatic rings. The molecule has 0 atom stereocenters. The normalized spacial score (nSPS) is 15.8. The third-order valence-electron chi connectivity index (χ3n) is 3.66. The molecule has 1 aliphatic heterocycles. The van der Waals surface area contributed by atoms with Crippen molar-refractivity contribution < 1.29 is 9.59 Å². The van der Waals surface area contributed by atoms with E-state index in [2.05, 4.69) is 4.98 Å². The number of nitrogens with zero attached hydrogens (tertiary/aromatic N) is 2. The number of anilines is 1. The van der Waals surface area contributed by atoms with E-state index in [4.69, 9.17) is 0 Å². The zero-order chi connectivity index (χ0) is 15.7. The first-order valence-electron chi connectivity index (χ1n) is 7.12. The molecule has 0 saturated heterocycles. The highest BCUT2D eigenvalue weighted by Gasteiger charge is 2.30. The summed E-state index contributed by atoms with van der Waals surface area (Å²) in [6.07, 6.45) is 1.83. The summed E-state index contributed by atoms with van der Waals surface area (Å²) in [6.45, 7) is 3.59. The number of aromatic nitrogens is 1. The van der Waals surface area contributed by atoms with Crippen LogP contribution >= 0.6 is 0 Å². The first kappa shape index (κ1) is 14.2. The van der Waals surface area contributed by atoms with Gasteiger partial charge >= 0.3 is 0 Å². The maximum absolute atomic E-state index is 12.7. The smallest absolute Gasteiger partial charge is 0.225 e. The van der Waals surface area contributed by atoms with Crippen molar-refractivity contribution in [1.29, 1.82) is 0 Å². The van der Waals surface area contributed by atoms with E-state index in [9.17, 15) is 9.59 Å². The van der Waals surface area contributed by atoms with Crippen LogP contribution in [0.5, 0.6) is 0 Å². The molecule has 1 aromatic carbocycles. The van der Waals surface area contributed by atoms with Crippen LogP contribution in [0.2, 0.25) is 0 Å². The number of ketones is 1. The second kappa shape index (κ2) is 5.56. The molecule has 1 aromatic heterocycles. The van der Waals surface area contributed by atoms with Crippen molar-refractivity contribution in [2.24, 2.45) is 0 Å². The monoisotopic (exact) mass is 292 g/mol. The number of aryl methyl sites for hydroxylation is 1. The minimum Gasteiger partial charge on any atom is -0.292 e. The molecule has 0 radical (unpaired) electrons. The Morgan fingerprint density at radius 1 is 1.18 bits per heavy atom. The zero-order valence-electron chi connectivity index (χ0n) is 12.5. The van der Waals surface area contributed by atoms with E-state index >= 15 is 0 Å². The van der Waals surface area contributed by atoms with Crippen LogP contribution in [-0.4, -0.2) is 23.2 Å². The van der Waals surface area contributed by atoms with Crippen molar-refractivity contribution in [3.63, 3.8) is 0 Å². The fourth-order valence-corrected chi connectivity index (χ4v) is 2.54. The maximum atomic E-state index is 12.7. The van der Waals surface area contributed by atoms with Gasteiger partial charge in [0.2, 0.25) is 5.91 Å². The molecule has 2 aromatic rings. The summed E-state index contributed by atoms with van der Waals surface area (Å²) in [6, 6.07) is 13.2. The molecule has 0 spiro atoms. The van der Waals surface area contributed by atoms with E-state index in [0.29, 0.717) is 17.0 Å². The van der Waals surface area contributed by atoms with Crippen molar-refractivity contribution in [2.75, 3.05) is 11.4 Å². The molecule has 0 fully saturated rings. The lowest BCUT2D eigenvalue weighted by Crippen LogP contribution is -2.38. The quantitative estimate of drug-likeness (QED) is 0.759. The summed E-state index contributed by atoms with van der Waals surface area (Å²) in [5, 5.41) is 0.